The zero-order chi connectivity index (χ0) is 19.0. The normalized spacial score (nSPS) is 14.9. The summed E-state index contributed by atoms with van der Waals surface area (Å²) in [5, 5.41) is 12.7. The van der Waals surface area contributed by atoms with Crippen LogP contribution in [0.15, 0.2) is 35.3 Å². The maximum absolute atomic E-state index is 12.9. The SMILES string of the molecule is Nc1c(C(=O)NC2CCCC2)cc2c(=O)n3ccccc3nc2[n+]1CCO. The second kappa shape index (κ2) is 6.96. The maximum Gasteiger partial charge on any atom is 0.278 e. The van der Waals surface area contributed by atoms with Gasteiger partial charge in [-0.3, -0.25) is 14.0 Å². The van der Waals surface area contributed by atoms with Gasteiger partial charge >= 0.3 is 0 Å². The molecule has 1 amide bonds. The summed E-state index contributed by atoms with van der Waals surface area (Å²) in [6.07, 6.45) is 5.73. The van der Waals surface area contributed by atoms with Crippen molar-refractivity contribution in [3.63, 3.8) is 0 Å². The lowest BCUT2D eigenvalue weighted by Crippen LogP contribution is -2.44. The van der Waals surface area contributed by atoms with E-state index in [0.717, 1.165) is 25.7 Å². The van der Waals surface area contributed by atoms with Crippen LogP contribution in [0.4, 0.5) is 5.82 Å². The van der Waals surface area contributed by atoms with Gasteiger partial charge in [0, 0.05) is 12.2 Å². The summed E-state index contributed by atoms with van der Waals surface area (Å²) in [5.41, 5.74) is 7.03. The van der Waals surface area contributed by atoms with Gasteiger partial charge in [-0.25, -0.2) is 4.57 Å². The third kappa shape index (κ3) is 3.02. The lowest BCUT2D eigenvalue weighted by molar-refractivity contribution is -0.660. The minimum Gasteiger partial charge on any atom is -0.393 e. The number of hydrogen-bond donors (Lipinski definition) is 3. The van der Waals surface area contributed by atoms with Gasteiger partial charge in [-0.1, -0.05) is 23.9 Å². The molecule has 0 spiro atoms. The highest BCUT2D eigenvalue weighted by molar-refractivity contribution is 6.00. The van der Waals surface area contributed by atoms with Crippen LogP contribution in [0.1, 0.15) is 36.0 Å². The molecule has 27 heavy (non-hydrogen) atoms. The number of aliphatic hydroxyl groups excluding tert-OH is 1. The number of carbonyl (C=O) groups is 1. The maximum atomic E-state index is 12.9. The summed E-state index contributed by atoms with van der Waals surface area (Å²) in [6.45, 7) is -0.0458. The van der Waals surface area contributed by atoms with Crippen molar-refractivity contribution in [2.75, 3.05) is 12.3 Å². The zero-order valence-electron chi connectivity index (χ0n) is 14.9. The smallest absolute Gasteiger partial charge is 0.278 e. The van der Waals surface area contributed by atoms with Crippen molar-refractivity contribution >= 4 is 28.4 Å². The van der Waals surface area contributed by atoms with E-state index in [1.807, 2.05) is 0 Å². The Labute approximate surface area is 155 Å². The fraction of sp³-hybridized carbons (Fsp3) is 0.368. The number of aromatic nitrogens is 3. The zero-order valence-corrected chi connectivity index (χ0v) is 14.9. The summed E-state index contributed by atoms with van der Waals surface area (Å²) >= 11 is 0. The average Bonchev–Trinajstić information content (AvgIpc) is 3.17. The highest BCUT2D eigenvalue weighted by Gasteiger charge is 2.26. The van der Waals surface area contributed by atoms with Crippen LogP contribution in [-0.4, -0.2) is 33.0 Å². The van der Waals surface area contributed by atoms with E-state index in [0.29, 0.717) is 11.3 Å². The van der Waals surface area contributed by atoms with Crippen molar-refractivity contribution in [1.29, 1.82) is 0 Å². The first-order valence-electron chi connectivity index (χ1n) is 9.15. The Morgan fingerprint density at radius 1 is 1.37 bits per heavy atom. The quantitative estimate of drug-likeness (QED) is 0.455. The molecular weight excluding hydrogens is 346 g/mol. The van der Waals surface area contributed by atoms with E-state index in [2.05, 4.69) is 10.3 Å². The second-order valence-electron chi connectivity index (χ2n) is 6.86. The van der Waals surface area contributed by atoms with Crippen LogP contribution in [0.25, 0.3) is 16.7 Å². The van der Waals surface area contributed by atoms with Gasteiger partial charge in [0.1, 0.15) is 10.9 Å². The van der Waals surface area contributed by atoms with E-state index in [9.17, 15) is 14.7 Å². The predicted molar refractivity (Wildman–Crippen MR) is 100 cm³/mol. The number of amides is 1. The van der Waals surface area contributed by atoms with Gasteiger partial charge in [-0.05, 0) is 31.0 Å². The van der Waals surface area contributed by atoms with E-state index < -0.39 is 0 Å². The molecule has 0 atom stereocenters. The van der Waals surface area contributed by atoms with Gasteiger partial charge in [0.15, 0.2) is 0 Å². The van der Waals surface area contributed by atoms with Crippen molar-refractivity contribution < 1.29 is 14.5 Å². The first-order valence-corrected chi connectivity index (χ1v) is 9.15. The van der Waals surface area contributed by atoms with Crippen LogP contribution in [-0.2, 0) is 6.54 Å². The number of nitrogen functional groups attached to an aromatic ring is 1. The molecule has 3 aromatic rings. The Kier molecular flexibility index (Phi) is 4.49. The number of nitrogens with zero attached hydrogens (tertiary/aromatic N) is 3. The number of nitrogens with two attached hydrogens (primary N) is 1. The molecule has 3 aromatic heterocycles. The van der Waals surface area contributed by atoms with Crippen molar-refractivity contribution in [2.24, 2.45) is 0 Å². The van der Waals surface area contributed by atoms with Gasteiger partial charge in [0.25, 0.3) is 17.1 Å². The van der Waals surface area contributed by atoms with Gasteiger partial charge < -0.3 is 16.2 Å². The molecule has 1 fully saturated rings. The van der Waals surface area contributed by atoms with E-state index in [1.54, 1.807) is 24.4 Å². The number of rotatable bonds is 4. The number of fused-ring (bicyclic) bond motifs is 2. The summed E-state index contributed by atoms with van der Waals surface area (Å²) in [5.74, 6) is -0.107. The van der Waals surface area contributed by atoms with Crippen LogP contribution in [0, 0.1) is 0 Å². The average molecular weight is 368 g/mol. The number of aliphatic hydroxyl groups is 1. The van der Waals surface area contributed by atoms with Crippen molar-refractivity contribution in [1.82, 2.24) is 14.7 Å². The largest absolute Gasteiger partial charge is 0.393 e. The molecule has 1 saturated carbocycles. The van der Waals surface area contributed by atoms with Crippen LogP contribution < -0.4 is 21.2 Å². The Bertz CT molecular complexity index is 1090. The first-order chi connectivity index (χ1) is 13.1. The van der Waals surface area contributed by atoms with E-state index in [-0.39, 0.29) is 47.4 Å². The number of anilines is 1. The third-order valence-corrected chi connectivity index (χ3v) is 5.12. The van der Waals surface area contributed by atoms with Crippen LogP contribution in [0.5, 0.6) is 0 Å². The second-order valence-corrected chi connectivity index (χ2v) is 6.86. The summed E-state index contributed by atoms with van der Waals surface area (Å²) in [6, 6.07) is 6.90. The fourth-order valence-electron chi connectivity index (χ4n) is 3.74. The Balaban J connectivity index is 1.93. The molecule has 8 heteroatoms. The topological polar surface area (TPSA) is 114 Å². The molecule has 0 aromatic carbocycles. The molecule has 140 valence electrons. The van der Waals surface area contributed by atoms with Crippen LogP contribution in [0.2, 0.25) is 0 Å². The molecule has 3 heterocycles. The molecule has 4 rings (SSSR count). The van der Waals surface area contributed by atoms with E-state index in [4.69, 9.17) is 5.73 Å². The molecule has 1 aliphatic carbocycles. The van der Waals surface area contributed by atoms with Crippen molar-refractivity contribution in [2.45, 2.75) is 38.3 Å². The molecule has 0 unspecified atom stereocenters. The highest BCUT2D eigenvalue weighted by Crippen LogP contribution is 2.20. The number of hydrogen-bond acceptors (Lipinski definition) is 5. The van der Waals surface area contributed by atoms with Crippen LogP contribution in [0.3, 0.4) is 0 Å². The molecule has 0 saturated heterocycles. The van der Waals surface area contributed by atoms with Gasteiger partial charge in [-0.15, -0.1) is 0 Å². The monoisotopic (exact) mass is 368 g/mol. The predicted octanol–water partition coefficient (Wildman–Crippen LogP) is 0.382. The molecular formula is C19H22N5O3+. The van der Waals surface area contributed by atoms with Crippen molar-refractivity contribution in [3.05, 3.63) is 46.4 Å². The lowest BCUT2D eigenvalue weighted by Gasteiger charge is -2.14. The van der Waals surface area contributed by atoms with Gasteiger partial charge in [-0.2, -0.15) is 0 Å². The third-order valence-electron chi connectivity index (χ3n) is 5.12. The molecule has 0 radical (unpaired) electrons. The first kappa shape index (κ1) is 17.4. The standard InChI is InChI=1S/C19H21N5O3/c20-16-13(18(26)21-12-5-1-2-6-12)11-14-17(24(16)9-10-25)22-15-7-3-4-8-23(15)19(14)27/h3-4,7-8,11-12,20,25H,1-2,5-6,9-10H2,(H,21,26)/p+1. The van der Waals surface area contributed by atoms with E-state index in [1.165, 1.54) is 15.0 Å². The van der Waals surface area contributed by atoms with Gasteiger partial charge in [0.2, 0.25) is 11.5 Å². The van der Waals surface area contributed by atoms with Crippen LogP contribution >= 0.6 is 0 Å². The lowest BCUT2D eigenvalue weighted by atomic mass is 10.1. The van der Waals surface area contributed by atoms with Crippen molar-refractivity contribution in [3.8, 4) is 0 Å². The molecule has 4 N–H and O–H groups in total. The fourth-order valence-corrected chi connectivity index (χ4v) is 3.74. The number of pyridine rings is 2. The Morgan fingerprint density at radius 2 is 2.15 bits per heavy atom. The van der Waals surface area contributed by atoms with E-state index >= 15 is 0 Å². The summed E-state index contributed by atoms with van der Waals surface area (Å²) in [7, 11) is 0. The Hall–Kier alpha value is -3.00. The summed E-state index contributed by atoms with van der Waals surface area (Å²) in [4.78, 5) is 30.3. The Morgan fingerprint density at radius 3 is 2.89 bits per heavy atom. The molecule has 1 aliphatic rings. The molecule has 0 bridgehead atoms. The molecule has 8 nitrogen and oxygen atoms in total. The number of carbonyl (C=O) groups excluding carboxylic acids is 1. The highest BCUT2D eigenvalue weighted by atomic mass is 16.3. The number of nitrogens with one attached hydrogen (secondary N) is 1. The minimum atomic E-state index is -0.300. The molecule has 0 aliphatic heterocycles. The summed E-state index contributed by atoms with van der Waals surface area (Å²) < 4.78 is 2.97. The van der Waals surface area contributed by atoms with Gasteiger partial charge in [0.05, 0.1) is 13.2 Å². The minimum absolute atomic E-state index is 0.134.